The maximum absolute atomic E-state index is 12.1. The molecular weight excluding hydrogens is 272 g/mol. The molecule has 0 spiro atoms. The normalized spacial score (nSPS) is 15.2. The first-order valence-corrected chi connectivity index (χ1v) is 8.64. The number of hydrogen-bond donors (Lipinski definition) is 2. The molecule has 0 amide bonds. The lowest BCUT2D eigenvalue weighted by Gasteiger charge is -2.18. The van der Waals surface area contributed by atoms with Crippen LogP contribution < -0.4 is 10.0 Å². The molecule has 0 saturated carbocycles. The van der Waals surface area contributed by atoms with Gasteiger partial charge in [0.2, 0.25) is 10.0 Å². The van der Waals surface area contributed by atoms with E-state index in [1.165, 1.54) is 0 Å². The topological polar surface area (TPSA) is 58.2 Å². The van der Waals surface area contributed by atoms with E-state index in [9.17, 15) is 8.42 Å². The fourth-order valence-corrected chi connectivity index (χ4v) is 2.88. The van der Waals surface area contributed by atoms with Crippen LogP contribution in [0.25, 0.3) is 0 Å². The minimum Gasteiger partial charge on any atom is -0.313 e. The average molecular weight is 298 g/mol. The van der Waals surface area contributed by atoms with Gasteiger partial charge in [0.05, 0.1) is 5.25 Å². The molecule has 1 aromatic carbocycles. The summed E-state index contributed by atoms with van der Waals surface area (Å²) in [6.07, 6.45) is 0. The highest BCUT2D eigenvalue weighted by atomic mass is 32.2. The summed E-state index contributed by atoms with van der Waals surface area (Å²) in [6.45, 7) is 8.65. The van der Waals surface area contributed by atoms with Crippen molar-refractivity contribution in [2.75, 3.05) is 13.1 Å². The van der Waals surface area contributed by atoms with Crippen molar-refractivity contribution in [3.63, 3.8) is 0 Å². The van der Waals surface area contributed by atoms with Gasteiger partial charge in [0.15, 0.2) is 0 Å². The van der Waals surface area contributed by atoms with Gasteiger partial charge in [-0.1, -0.05) is 51.1 Å². The maximum atomic E-state index is 12.1. The third-order valence-corrected chi connectivity index (χ3v) is 5.10. The lowest BCUT2D eigenvalue weighted by molar-refractivity contribution is 0.537. The van der Waals surface area contributed by atoms with Crippen molar-refractivity contribution in [2.45, 2.75) is 44.9 Å². The van der Waals surface area contributed by atoms with Crippen LogP contribution in [0.1, 0.15) is 39.2 Å². The highest BCUT2D eigenvalue weighted by Gasteiger charge is 2.21. The first-order chi connectivity index (χ1) is 9.33. The first kappa shape index (κ1) is 17.1. The second-order valence-corrected chi connectivity index (χ2v) is 7.76. The number of rotatable bonds is 8. The Morgan fingerprint density at radius 3 is 2.15 bits per heavy atom. The summed E-state index contributed by atoms with van der Waals surface area (Å²) in [4.78, 5) is 0. The third-order valence-electron chi connectivity index (χ3n) is 3.30. The number of benzene rings is 1. The van der Waals surface area contributed by atoms with Crippen LogP contribution >= 0.6 is 0 Å². The molecule has 114 valence electrons. The molecule has 20 heavy (non-hydrogen) atoms. The zero-order valence-corrected chi connectivity index (χ0v) is 13.6. The molecule has 5 heteroatoms. The molecule has 0 fully saturated rings. The van der Waals surface area contributed by atoms with E-state index in [2.05, 4.69) is 10.0 Å². The van der Waals surface area contributed by atoms with Crippen molar-refractivity contribution in [1.82, 2.24) is 10.0 Å². The van der Waals surface area contributed by atoms with E-state index >= 15 is 0 Å². The fraction of sp³-hybridized carbons (Fsp3) is 0.600. The van der Waals surface area contributed by atoms with Crippen molar-refractivity contribution in [1.29, 1.82) is 0 Å². The summed E-state index contributed by atoms with van der Waals surface area (Å²) in [5.41, 5.74) is 1.14. The van der Waals surface area contributed by atoms with Gasteiger partial charge in [-0.05, 0) is 18.4 Å². The van der Waals surface area contributed by atoms with E-state index in [1.807, 2.05) is 51.1 Å². The van der Waals surface area contributed by atoms with E-state index in [0.29, 0.717) is 13.1 Å². The Morgan fingerprint density at radius 2 is 1.60 bits per heavy atom. The Morgan fingerprint density at radius 1 is 1.00 bits per heavy atom. The van der Waals surface area contributed by atoms with Gasteiger partial charge in [0.1, 0.15) is 0 Å². The molecule has 0 aromatic heterocycles. The number of sulfonamides is 1. The van der Waals surface area contributed by atoms with Gasteiger partial charge in [0, 0.05) is 19.1 Å². The van der Waals surface area contributed by atoms with Gasteiger partial charge in [-0.25, -0.2) is 13.1 Å². The Labute approximate surface area is 123 Å². The molecule has 2 N–H and O–H groups in total. The van der Waals surface area contributed by atoms with Crippen molar-refractivity contribution in [3.8, 4) is 0 Å². The molecule has 0 aliphatic heterocycles. The second kappa shape index (κ2) is 7.76. The first-order valence-electron chi connectivity index (χ1n) is 7.09. The zero-order chi connectivity index (χ0) is 15.2. The standard InChI is InChI=1S/C15H26N2O2S/c1-12(2)16-11-14(4)20(18,19)17-10-13(3)15-8-6-5-7-9-15/h5-9,12-14,16-17H,10-11H2,1-4H3. The monoisotopic (exact) mass is 298 g/mol. The summed E-state index contributed by atoms with van der Waals surface area (Å²) in [6, 6.07) is 10.2. The molecule has 1 aromatic rings. The second-order valence-electron chi connectivity index (χ2n) is 5.58. The fourth-order valence-electron chi connectivity index (χ4n) is 1.79. The van der Waals surface area contributed by atoms with Crippen LogP contribution in [0.3, 0.4) is 0 Å². The summed E-state index contributed by atoms with van der Waals surface area (Å²) in [5, 5.41) is 2.71. The lowest BCUT2D eigenvalue weighted by atomic mass is 10.0. The van der Waals surface area contributed by atoms with Gasteiger partial charge in [-0.15, -0.1) is 0 Å². The summed E-state index contributed by atoms with van der Waals surface area (Å²) in [5.74, 6) is 0.163. The van der Waals surface area contributed by atoms with Gasteiger partial charge in [-0.3, -0.25) is 0 Å². The molecule has 4 nitrogen and oxygen atoms in total. The van der Waals surface area contributed by atoms with Crippen molar-refractivity contribution < 1.29 is 8.42 Å². The SMILES string of the molecule is CC(C)NCC(C)S(=O)(=O)NCC(C)c1ccccc1. The predicted molar refractivity (Wildman–Crippen MR) is 84.4 cm³/mol. The molecular formula is C15H26N2O2S. The molecule has 0 radical (unpaired) electrons. The third kappa shape index (κ3) is 5.61. The molecule has 0 aliphatic carbocycles. The Balaban J connectivity index is 2.50. The lowest BCUT2D eigenvalue weighted by Crippen LogP contribution is -2.41. The van der Waals surface area contributed by atoms with E-state index in [0.717, 1.165) is 5.56 Å². The van der Waals surface area contributed by atoms with Crippen LogP contribution in [0.5, 0.6) is 0 Å². The Kier molecular flexibility index (Phi) is 6.65. The highest BCUT2D eigenvalue weighted by Crippen LogP contribution is 2.13. The molecule has 0 aliphatic rings. The van der Waals surface area contributed by atoms with Crippen molar-refractivity contribution in [2.24, 2.45) is 0 Å². The van der Waals surface area contributed by atoms with Crippen LogP contribution in [-0.2, 0) is 10.0 Å². The average Bonchev–Trinajstić information content (AvgIpc) is 2.43. The molecule has 2 unspecified atom stereocenters. The minimum atomic E-state index is -3.27. The van der Waals surface area contributed by atoms with Crippen LogP contribution in [0.4, 0.5) is 0 Å². The van der Waals surface area contributed by atoms with Crippen LogP contribution in [-0.4, -0.2) is 32.8 Å². The van der Waals surface area contributed by atoms with Crippen LogP contribution in [0.2, 0.25) is 0 Å². The highest BCUT2D eigenvalue weighted by molar-refractivity contribution is 7.90. The quantitative estimate of drug-likeness (QED) is 0.772. The Bertz CT molecular complexity index is 486. The zero-order valence-electron chi connectivity index (χ0n) is 12.8. The maximum Gasteiger partial charge on any atom is 0.215 e. The Hall–Kier alpha value is -0.910. The van der Waals surface area contributed by atoms with Gasteiger partial charge in [0.25, 0.3) is 0 Å². The van der Waals surface area contributed by atoms with Crippen molar-refractivity contribution in [3.05, 3.63) is 35.9 Å². The summed E-state index contributed by atoms with van der Waals surface area (Å²) < 4.78 is 27.0. The molecule has 0 heterocycles. The minimum absolute atomic E-state index is 0.163. The molecule has 1 rings (SSSR count). The van der Waals surface area contributed by atoms with E-state index in [1.54, 1.807) is 6.92 Å². The summed E-state index contributed by atoms with van der Waals surface area (Å²) in [7, 11) is -3.27. The molecule has 2 atom stereocenters. The van der Waals surface area contributed by atoms with Crippen LogP contribution in [0.15, 0.2) is 30.3 Å². The van der Waals surface area contributed by atoms with E-state index < -0.39 is 15.3 Å². The van der Waals surface area contributed by atoms with Crippen molar-refractivity contribution >= 4 is 10.0 Å². The predicted octanol–water partition coefficient (Wildman–Crippen LogP) is 2.10. The number of nitrogens with one attached hydrogen (secondary N) is 2. The van der Waals surface area contributed by atoms with Crippen LogP contribution in [0, 0.1) is 0 Å². The molecule has 0 saturated heterocycles. The molecule has 0 bridgehead atoms. The van der Waals surface area contributed by atoms with Gasteiger partial charge >= 0.3 is 0 Å². The largest absolute Gasteiger partial charge is 0.313 e. The van der Waals surface area contributed by atoms with E-state index in [-0.39, 0.29) is 12.0 Å². The van der Waals surface area contributed by atoms with Gasteiger partial charge < -0.3 is 5.32 Å². The number of hydrogen-bond acceptors (Lipinski definition) is 3. The van der Waals surface area contributed by atoms with Gasteiger partial charge in [-0.2, -0.15) is 0 Å². The smallest absolute Gasteiger partial charge is 0.215 e. The summed E-state index contributed by atoms with van der Waals surface area (Å²) >= 11 is 0. The van der Waals surface area contributed by atoms with E-state index in [4.69, 9.17) is 0 Å².